The lowest BCUT2D eigenvalue weighted by Gasteiger charge is -2.26. The topological polar surface area (TPSA) is 108 Å². The number of hydrogen-bond donors (Lipinski definition) is 1. The van der Waals surface area contributed by atoms with Crippen molar-refractivity contribution < 1.29 is 23.9 Å². The molecule has 1 N–H and O–H groups in total. The highest BCUT2D eigenvalue weighted by Gasteiger charge is 2.35. The smallest absolute Gasteiger partial charge is 0.345 e. The normalized spacial score (nSPS) is 15.4. The van der Waals surface area contributed by atoms with Crippen LogP contribution in [0.1, 0.15) is 63.9 Å². The van der Waals surface area contributed by atoms with Gasteiger partial charge in [0.15, 0.2) is 5.78 Å². The van der Waals surface area contributed by atoms with Gasteiger partial charge in [-0.15, -0.1) is 0 Å². The minimum absolute atomic E-state index is 0.127. The molecule has 0 bridgehead atoms. The van der Waals surface area contributed by atoms with Crippen LogP contribution in [0.15, 0.2) is 77.9 Å². The van der Waals surface area contributed by atoms with E-state index in [9.17, 15) is 19.2 Å². The van der Waals surface area contributed by atoms with Gasteiger partial charge in [0.05, 0.1) is 30.6 Å². The molecule has 2 aliphatic rings. The number of nitrogens with one attached hydrogen (secondary N) is 1. The average Bonchev–Trinajstić information content (AvgIpc) is 3.12. The number of rotatable bonds is 8. The average molecular weight is 567 g/mol. The Morgan fingerprint density at radius 1 is 0.929 bits per heavy atom. The number of ether oxygens (including phenoxy) is 1. The second kappa shape index (κ2) is 12.8. The fraction of sp³-hybridized carbons (Fsp3) is 0.303. The molecule has 0 unspecified atom stereocenters. The lowest BCUT2D eigenvalue weighted by molar-refractivity contribution is -0.116. The van der Waals surface area contributed by atoms with Crippen LogP contribution in [0.25, 0.3) is 0 Å². The van der Waals surface area contributed by atoms with Crippen LogP contribution >= 0.6 is 0 Å². The van der Waals surface area contributed by atoms with Crippen molar-refractivity contribution >= 4 is 40.8 Å². The van der Waals surface area contributed by atoms with Gasteiger partial charge in [-0.05, 0) is 49.6 Å². The largest absolute Gasteiger partial charge is 0.465 e. The fourth-order valence-corrected chi connectivity index (χ4v) is 5.62. The lowest BCUT2D eigenvalue weighted by Crippen LogP contribution is -2.45. The number of Topliss-reactive ketones (excluding diaryl/α,β-unsaturated/α-hetero) is 1. The molecule has 1 aliphatic heterocycles. The van der Waals surface area contributed by atoms with Crippen molar-refractivity contribution in [2.75, 3.05) is 30.4 Å². The second-order valence-electron chi connectivity index (χ2n) is 10.6. The second-order valence-corrected chi connectivity index (χ2v) is 10.6. The Morgan fingerprint density at radius 2 is 1.67 bits per heavy atom. The van der Waals surface area contributed by atoms with Crippen LogP contribution in [0.4, 0.5) is 16.2 Å². The number of fused-ring (bicyclic) bond motifs is 1. The molecule has 216 valence electrons. The molecule has 3 amide bonds. The number of ketones is 1. The van der Waals surface area contributed by atoms with E-state index in [2.05, 4.69) is 5.32 Å². The van der Waals surface area contributed by atoms with Crippen LogP contribution in [0.3, 0.4) is 0 Å². The number of carbonyl (C=O) groups excluding carboxylic acids is 4. The van der Waals surface area contributed by atoms with Crippen molar-refractivity contribution in [1.29, 1.82) is 0 Å². The Bertz CT molecular complexity index is 1540. The Balaban J connectivity index is 1.48. The summed E-state index contributed by atoms with van der Waals surface area (Å²) in [6, 6.07) is 20.6. The van der Waals surface area contributed by atoms with Crippen molar-refractivity contribution in [2.45, 2.75) is 39.0 Å². The Labute approximate surface area is 245 Å². The van der Waals surface area contributed by atoms with Gasteiger partial charge in [-0.3, -0.25) is 14.5 Å². The fourth-order valence-electron chi connectivity index (χ4n) is 5.62. The van der Waals surface area contributed by atoms with Gasteiger partial charge in [-0.2, -0.15) is 5.10 Å². The molecular formula is C33H34N4O5. The molecule has 3 aromatic carbocycles. The van der Waals surface area contributed by atoms with Crippen molar-refractivity contribution in [3.63, 3.8) is 0 Å². The molecule has 42 heavy (non-hydrogen) atoms. The van der Waals surface area contributed by atoms with E-state index in [0.717, 1.165) is 54.0 Å². The summed E-state index contributed by atoms with van der Waals surface area (Å²) in [7, 11) is 1.29. The van der Waals surface area contributed by atoms with Crippen LogP contribution in [0.2, 0.25) is 0 Å². The maximum absolute atomic E-state index is 14.1. The number of aryl methyl sites for hydroxylation is 1. The van der Waals surface area contributed by atoms with Crippen molar-refractivity contribution in [2.24, 2.45) is 11.0 Å². The SMILES string of the molecule is COC(=O)c1cccc(NC(=O)CN2N=C(C3CCCCC3)c3ccccc3N(CC(=O)c3ccccc3C)C2=O)c1. The third-order valence-electron chi connectivity index (χ3n) is 7.75. The molecule has 5 rings (SSSR count). The molecule has 1 heterocycles. The first-order valence-electron chi connectivity index (χ1n) is 14.2. The third-order valence-corrected chi connectivity index (χ3v) is 7.75. The molecule has 9 heteroatoms. The van der Waals surface area contributed by atoms with Crippen molar-refractivity contribution in [3.8, 4) is 0 Å². The zero-order chi connectivity index (χ0) is 29.6. The van der Waals surface area contributed by atoms with Crippen LogP contribution in [-0.2, 0) is 9.53 Å². The van der Waals surface area contributed by atoms with E-state index in [1.54, 1.807) is 30.3 Å². The molecule has 9 nitrogen and oxygen atoms in total. The van der Waals surface area contributed by atoms with Crippen LogP contribution < -0.4 is 10.2 Å². The van der Waals surface area contributed by atoms with Crippen molar-refractivity contribution in [1.82, 2.24) is 5.01 Å². The highest BCUT2D eigenvalue weighted by Crippen LogP contribution is 2.34. The molecule has 0 spiro atoms. The van der Waals surface area contributed by atoms with Crippen LogP contribution in [-0.4, -0.2) is 54.6 Å². The Morgan fingerprint density at radius 3 is 2.43 bits per heavy atom. The molecule has 0 radical (unpaired) electrons. The number of amides is 3. The minimum atomic E-state index is -0.561. The summed E-state index contributed by atoms with van der Waals surface area (Å²) in [5.74, 6) is -1.10. The predicted octanol–water partition coefficient (Wildman–Crippen LogP) is 5.83. The number of hydrazone groups is 1. The van der Waals surface area contributed by atoms with E-state index >= 15 is 0 Å². The molecule has 1 saturated carbocycles. The number of anilines is 2. The summed E-state index contributed by atoms with van der Waals surface area (Å²) in [5, 5.41) is 8.74. The highest BCUT2D eigenvalue weighted by molar-refractivity contribution is 6.14. The standard InChI is InChI=1S/C33H34N4O5/c1-22-11-6-7-16-26(22)29(38)20-36-28-18-9-8-17-27(28)31(23-12-4-3-5-13-23)35-37(33(36)41)21-30(39)34-25-15-10-14-24(19-25)32(40)42-2/h6-11,14-19,23H,3-5,12-13,20-21H2,1-2H3,(H,34,39). The van der Waals surface area contributed by atoms with Gasteiger partial charge < -0.3 is 10.1 Å². The molecule has 0 aromatic heterocycles. The number of para-hydroxylation sites is 1. The van der Waals surface area contributed by atoms with Gasteiger partial charge in [0.2, 0.25) is 5.91 Å². The molecule has 1 fully saturated rings. The van der Waals surface area contributed by atoms with Gasteiger partial charge >= 0.3 is 12.0 Å². The van der Waals surface area contributed by atoms with E-state index in [1.807, 2.05) is 43.3 Å². The van der Waals surface area contributed by atoms with Gasteiger partial charge in [-0.1, -0.05) is 67.8 Å². The monoisotopic (exact) mass is 566 g/mol. The third kappa shape index (κ3) is 6.25. The van der Waals surface area contributed by atoms with Crippen LogP contribution in [0, 0.1) is 12.8 Å². The maximum Gasteiger partial charge on any atom is 0.345 e. The summed E-state index contributed by atoms with van der Waals surface area (Å²) >= 11 is 0. The molecule has 1 aliphatic carbocycles. The first kappa shape index (κ1) is 28.7. The number of esters is 1. The zero-order valence-electron chi connectivity index (χ0n) is 23.8. The molecule has 3 aromatic rings. The van der Waals surface area contributed by atoms with E-state index in [0.29, 0.717) is 16.9 Å². The first-order valence-corrected chi connectivity index (χ1v) is 14.2. The summed E-state index contributed by atoms with van der Waals surface area (Å²) in [4.78, 5) is 54.3. The zero-order valence-corrected chi connectivity index (χ0v) is 23.8. The number of nitrogens with zero attached hydrogens (tertiary/aromatic N) is 3. The number of carbonyl (C=O) groups is 4. The van der Waals surface area contributed by atoms with Gasteiger partial charge in [0, 0.05) is 22.7 Å². The number of urea groups is 1. The molecule has 0 saturated heterocycles. The van der Waals surface area contributed by atoms with E-state index in [4.69, 9.17) is 9.84 Å². The van der Waals surface area contributed by atoms with Gasteiger partial charge in [0.1, 0.15) is 6.54 Å². The number of methoxy groups -OCH3 is 1. The highest BCUT2D eigenvalue weighted by atomic mass is 16.5. The van der Waals surface area contributed by atoms with E-state index in [-0.39, 0.29) is 30.4 Å². The molecule has 0 atom stereocenters. The predicted molar refractivity (Wildman–Crippen MR) is 161 cm³/mol. The Kier molecular flexibility index (Phi) is 8.76. The summed E-state index contributed by atoms with van der Waals surface area (Å²) in [6.45, 7) is 1.29. The number of hydrogen-bond acceptors (Lipinski definition) is 6. The van der Waals surface area contributed by atoms with Crippen molar-refractivity contribution in [3.05, 3.63) is 95.1 Å². The van der Waals surface area contributed by atoms with Gasteiger partial charge in [-0.25, -0.2) is 14.6 Å². The number of benzene rings is 3. The van der Waals surface area contributed by atoms with E-state index < -0.39 is 17.9 Å². The first-order chi connectivity index (χ1) is 20.4. The molecular weight excluding hydrogens is 532 g/mol. The van der Waals surface area contributed by atoms with E-state index in [1.165, 1.54) is 18.1 Å². The Hall–Kier alpha value is -4.79. The van der Waals surface area contributed by atoms with Gasteiger partial charge in [0.25, 0.3) is 0 Å². The summed E-state index contributed by atoms with van der Waals surface area (Å²) in [6.07, 6.45) is 5.14. The quantitative estimate of drug-likeness (QED) is 0.273. The minimum Gasteiger partial charge on any atom is -0.465 e. The maximum atomic E-state index is 14.1. The lowest BCUT2D eigenvalue weighted by atomic mass is 9.83. The van der Waals surface area contributed by atoms with Crippen LogP contribution in [0.5, 0.6) is 0 Å². The summed E-state index contributed by atoms with van der Waals surface area (Å²) in [5.41, 5.74) is 4.18. The summed E-state index contributed by atoms with van der Waals surface area (Å²) < 4.78 is 4.77.